The van der Waals surface area contributed by atoms with Gasteiger partial charge in [0.05, 0.1) is 32.3 Å². The Hall–Kier alpha value is -2.56. The summed E-state index contributed by atoms with van der Waals surface area (Å²) < 4.78 is 67.3. The van der Waals surface area contributed by atoms with E-state index >= 15 is 0 Å². The summed E-state index contributed by atoms with van der Waals surface area (Å²) in [4.78, 5) is 87.8. The lowest BCUT2D eigenvalue weighted by molar-refractivity contribution is -0.144. The molecule has 2 aliphatic rings. The van der Waals surface area contributed by atoms with E-state index in [2.05, 4.69) is 34.4 Å². The first-order valence-corrected chi connectivity index (χ1v) is 22.4. The highest BCUT2D eigenvalue weighted by atomic mass is 32.2. The van der Waals surface area contributed by atoms with Crippen LogP contribution in [0.25, 0.3) is 11.2 Å². The van der Waals surface area contributed by atoms with Gasteiger partial charge < -0.3 is 65.8 Å². The lowest BCUT2D eigenvalue weighted by Gasteiger charge is -2.30. The molecule has 4 heterocycles. The summed E-state index contributed by atoms with van der Waals surface area (Å²) in [5.41, 5.74) is 4.20. The van der Waals surface area contributed by atoms with Crippen LogP contribution in [0.5, 0.6) is 0 Å². The summed E-state index contributed by atoms with van der Waals surface area (Å²) in [6.07, 6.45) is -10.2. The van der Waals surface area contributed by atoms with E-state index in [-0.39, 0.29) is 60.4 Å². The first-order chi connectivity index (χ1) is 26.9. The van der Waals surface area contributed by atoms with Crippen LogP contribution in [-0.2, 0) is 55.4 Å². The Kier molecular flexibility index (Phi) is 16.5. The van der Waals surface area contributed by atoms with Gasteiger partial charge >= 0.3 is 23.5 Å². The maximum absolute atomic E-state index is 12.7. The summed E-state index contributed by atoms with van der Waals surface area (Å²) in [6.45, 7) is 0.0268. The van der Waals surface area contributed by atoms with Crippen LogP contribution in [0.4, 0.5) is 5.82 Å². The lowest BCUT2D eigenvalue weighted by Crippen LogP contribution is -2.46. The molecule has 31 heteroatoms. The molecule has 58 heavy (non-hydrogen) atoms. The van der Waals surface area contributed by atoms with Crippen molar-refractivity contribution >= 4 is 69.1 Å². The molecule has 0 aromatic carbocycles. The first-order valence-electron chi connectivity index (χ1n) is 16.9. The highest BCUT2D eigenvalue weighted by Crippen LogP contribution is 2.61. The molecule has 2 aromatic heterocycles. The standard InChI is InChI=1S/C27H44N7O20P3S/c1-27(2,21(39)24(40)30-4-3-17(37)29-5-6-58-26(41)15-7-13(35)14(36)8-49-15)10-51-57(47,48)54-56(45,46)50-9-16-20(53-55(42,43)44)19(38)25(52-16)34-12-33-18-22(28)31-11-32-23(18)34/h11-16,19-21,25,35-36,38-39H,3-10H2,1-2H3,(H,29,37)(H,30,40)(H,45,46)(H,47,48)(H2,28,31,32)(H2,42,43,44). The SMILES string of the molecule is CC(C)(COP(=O)(O)OP(=O)(O)OCC1OC(n2cnc3c(N)ncnc32)C(O)C1OP(=O)(O)O)C(O)C(=O)NCCC(=O)NCCSC(=O)C1CC(O)C(O)CO1. The number of fused-ring (bicyclic) bond motifs is 1. The molecule has 27 nitrogen and oxygen atoms in total. The molecule has 10 atom stereocenters. The average Bonchev–Trinajstić information content (AvgIpc) is 3.69. The third-order valence-corrected chi connectivity index (χ3v) is 12.4. The number of phosphoric ester groups is 3. The number of carbonyl (C=O) groups excluding carboxylic acids is 3. The second-order valence-electron chi connectivity index (χ2n) is 13.4. The number of nitrogens with one attached hydrogen (secondary N) is 2. The van der Waals surface area contributed by atoms with Crippen molar-refractivity contribution in [3.8, 4) is 0 Å². The van der Waals surface area contributed by atoms with Crippen molar-refractivity contribution in [1.29, 1.82) is 0 Å². The van der Waals surface area contributed by atoms with Crippen LogP contribution in [0.3, 0.4) is 0 Å². The van der Waals surface area contributed by atoms with Crippen molar-refractivity contribution < 1.29 is 95.4 Å². The molecule has 4 rings (SSSR count). The number of anilines is 1. The fourth-order valence-corrected chi connectivity index (χ4v) is 8.89. The maximum Gasteiger partial charge on any atom is 0.481 e. The van der Waals surface area contributed by atoms with Crippen LogP contribution < -0.4 is 16.4 Å². The Morgan fingerprint density at radius 3 is 2.40 bits per heavy atom. The van der Waals surface area contributed by atoms with E-state index in [1.165, 1.54) is 13.8 Å². The molecule has 0 aliphatic carbocycles. The smallest absolute Gasteiger partial charge is 0.390 e. The average molecular weight is 912 g/mol. The number of hydrogen-bond acceptors (Lipinski definition) is 21. The predicted molar refractivity (Wildman–Crippen MR) is 193 cm³/mol. The normalized spacial score (nSPS) is 26.8. The van der Waals surface area contributed by atoms with Gasteiger partial charge in [-0.2, -0.15) is 4.31 Å². The highest BCUT2D eigenvalue weighted by Gasteiger charge is 2.50. The van der Waals surface area contributed by atoms with Gasteiger partial charge in [0.2, 0.25) is 16.9 Å². The summed E-state index contributed by atoms with van der Waals surface area (Å²) in [7, 11) is -16.5. The first kappa shape index (κ1) is 48.1. The number of ether oxygens (including phenoxy) is 2. The third kappa shape index (κ3) is 13.5. The van der Waals surface area contributed by atoms with Crippen molar-refractivity contribution in [2.45, 2.75) is 75.6 Å². The fraction of sp³-hybridized carbons (Fsp3) is 0.704. The summed E-state index contributed by atoms with van der Waals surface area (Å²) in [6, 6.07) is 0. The van der Waals surface area contributed by atoms with E-state index in [9.17, 15) is 68.1 Å². The van der Waals surface area contributed by atoms with Crippen LogP contribution in [-0.4, -0.2) is 158 Å². The minimum Gasteiger partial charge on any atom is -0.390 e. The number of thioether (sulfide) groups is 1. The van der Waals surface area contributed by atoms with E-state index in [0.717, 1.165) is 29.0 Å². The molecule has 12 N–H and O–H groups in total. The van der Waals surface area contributed by atoms with Crippen LogP contribution in [0.1, 0.15) is 32.9 Å². The zero-order chi connectivity index (χ0) is 43.2. The van der Waals surface area contributed by atoms with Crippen molar-refractivity contribution in [2.75, 3.05) is 44.4 Å². The van der Waals surface area contributed by atoms with Crippen molar-refractivity contribution in [1.82, 2.24) is 30.2 Å². The summed E-state index contributed by atoms with van der Waals surface area (Å²) in [5.74, 6) is -1.41. The molecular formula is C27H44N7O20P3S. The molecule has 10 unspecified atom stereocenters. The van der Waals surface area contributed by atoms with Gasteiger partial charge in [-0.3, -0.25) is 32.5 Å². The van der Waals surface area contributed by atoms with Crippen LogP contribution in [0, 0.1) is 5.41 Å². The zero-order valence-corrected chi connectivity index (χ0v) is 34.0. The number of nitrogens with zero attached hydrogens (tertiary/aromatic N) is 4. The Balaban J connectivity index is 1.21. The molecule has 0 bridgehead atoms. The molecule has 2 saturated heterocycles. The van der Waals surface area contributed by atoms with E-state index < -0.39 is 103 Å². The van der Waals surface area contributed by atoms with Crippen LogP contribution in [0.2, 0.25) is 0 Å². The van der Waals surface area contributed by atoms with E-state index in [4.69, 9.17) is 24.3 Å². The minimum absolute atomic E-state index is 0.0200. The van der Waals surface area contributed by atoms with Crippen LogP contribution in [0.15, 0.2) is 12.7 Å². The fourth-order valence-electron chi connectivity index (χ4n) is 5.31. The number of nitrogen functional groups attached to an aromatic ring is 1. The Labute approximate surface area is 332 Å². The number of aliphatic hydroxyl groups excluding tert-OH is 4. The number of phosphoric acid groups is 3. The molecule has 0 spiro atoms. The number of amides is 2. The minimum atomic E-state index is -5.59. The van der Waals surface area contributed by atoms with E-state index in [0.29, 0.717) is 0 Å². The number of imidazole rings is 1. The lowest BCUT2D eigenvalue weighted by atomic mass is 9.87. The van der Waals surface area contributed by atoms with Crippen molar-refractivity contribution in [3.63, 3.8) is 0 Å². The number of nitrogens with two attached hydrogens (primary N) is 1. The van der Waals surface area contributed by atoms with Crippen molar-refractivity contribution in [2.24, 2.45) is 5.41 Å². The quantitative estimate of drug-likeness (QED) is 0.0471. The Bertz CT molecular complexity index is 1920. The van der Waals surface area contributed by atoms with Gasteiger partial charge in [-0.25, -0.2) is 28.6 Å². The second-order valence-corrected chi connectivity index (χ2v) is 18.8. The second kappa shape index (κ2) is 19.9. The van der Waals surface area contributed by atoms with Gasteiger partial charge in [0.1, 0.15) is 48.5 Å². The molecule has 2 fully saturated rings. The molecule has 0 radical (unpaired) electrons. The van der Waals surface area contributed by atoms with Crippen LogP contribution >= 0.6 is 35.2 Å². The third-order valence-electron chi connectivity index (χ3n) is 8.38. The van der Waals surface area contributed by atoms with E-state index in [1.807, 2.05) is 0 Å². The molecule has 2 aromatic rings. The maximum atomic E-state index is 12.7. The van der Waals surface area contributed by atoms with Gasteiger partial charge in [0, 0.05) is 37.1 Å². The molecule has 328 valence electrons. The Morgan fingerprint density at radius 2 is 1.72 bits per heavy atom. The van der Waals surface area contributed by atoms with Gasteiger partial charge in [-0.1, -0.05) is 25.6 Å². The number of hydrogen-bond donors (Lipinski definition) is 11. The molecule has 2 aliphatic heterocycles. The topological polar surface area (TPSA) is 413 Å². The number of rotatable bonds is 20. The predicted octanol–water partition coefficient (Wildman–Crippen LogP) is -2.82. The number of aliphatic hydroxyl groups is 4. The number of aromatic nitrogens is 4. The summed E-state index contributed by atoms with van der Waals surface area (Å²) >= 11 is 0.862. The molecule has 2 amide bonds. The van der Waals surface area contributed by atoms with Crippen molar-refractivity contribution in [3.05, 3.63) is 12.7 Å². The highest BCUT2D eigenvalue weighted by molar-refractivity contribution is 8.13. The van der Waals surface area contributed by atoms with Gasteiger partial charge in [-0.05, 0) is 0 Å². The summed E-state index contributed by atoms with van der Waals surface area (Å²) in [5, 5.41) is 45.1. The molecule has 0 saturated carbocycles. The Morgan fingerprint density at radius 1 is 1.03 bits per heavy atom. The van der Waals surface area contributed by atoms with Gasteiger partial charge in [0.15, 0.2) is 17.7 Å². The van der Waals surface area contributed by atoms with Gasteiger partial charge in [0.25, 0.3) is 0 Å². The largest absolute Gasteiger partial charge is 0.481 e. The van der Waals surface area contributed by atoms with Gasteiger partial charge in [-0.15, -0.1) is 0 Å². The zero-order valence-electron chi connectivity index (χ0n) is 30.5. The van der Waals surface area contributed by atoms with E-state index in [1.54, 1.807) is 0 Å². The molecular weight excluding hydrogens is 867 g/mol. The number of carbonyl (C=O) groups is 3. The monoisotopic (exact) mass is 911 g/mol.